The third kappa shape index (κ3) is 3.30. The molecule has 2 fully saturated rings. The van der Waals surface area contributed by atoms with E-state index in [1.54, 1.807) is 24.3 Å². The molecule has 2 heterocycles. The van der Waals surface area contributed by atoms with Gasteiger partial charge in [0.1, 0.15) is 0 Å². The second-order valence-electron chi connectivity index (χ2n) is 6.64. The summed E-state index contributed by atoms with van der Waals surface area (Å²) in [7, 11) is 0. The first-order valence-corrected chi connectivity index (χ1v) is 8.62. The molecular weight excluding hydrogens is 306 g/mol. The number of piperidine rings is 2. The molecule has 3 N–H and O–H groups in total. The molecular formula is C18H25N3O3. The molecule has 130 valence electrons. The van der Waals surface area contributed by atoms with Crippen LogP contribution < -0.4 is 5.73 Å². The SMILES string of the molecule is NCCN1C(=O)CCC2CN(C(=O)c3ccc(CO)cc3)CCC21. The van der Waals surface area contributed by atoms with Gasteiger partial charge in [0, 0.05) is 44.2 Å². The highest BCUT2D eigenvalue weighted by molar-refractivity contribution is 5.94. The van der Waals surface area contributed by atoms with Gasteiger partial charge in [0.15, 0.2) is 0 Å². The minimum atomic E-state index is -0.0209. The van der Waals surface area contributed by atoms with Crippen molar-refractivity contribution in [2.24, 2.45) is 11.7 Å². The molecule has 6 heteroatoms. The van der Waals surface area contributed by atoms with Crippen LogP contribution in [-0.4, -0.2) is 58.9 Å². The number of hydrogen-bond acceptors (Lipinski definition) is 4. The monoisotopic (exact) mass is 331 g/mol. The van der Waals surface area contributed by atoms with E-state index in [-0.39, 0.29) is 24.5 Å². The summed E-state index contributed by atoms with van der Waals surface area (Å²) in [6, 6.07) is 7.32. The Morgan fingerprint density at radius 2 is 2.00 bits per heavy atom. The fraction of sp³-hybridized carbons (Fsp3) is 0.556. The molecule has 0 bridgehead atoms. The van der Waals surface area contributed by atoms with Crippen LogP contribution in [0.1, 0.15) is 35.2 Å². The highest BCUT2D eigenvalue weighted by Crippen LogP contribution is 2.31. The van der Waals surface area contributed by atoms with E-state index in [9.17, 15) is 9.59 Å². The Balaban J connectivity index is 1.68. The van der Waals surface area contributed by atoms with Crippen LogP contribution >= 0.6 is 0 Å². The quantitative estimate of drug-likeness (QED) is 0.845. The highest BCUT2D eigenvalue weighted by Gasteiger charge is 2.40. The molecule has 24 heavy (non-hydrogen) atoms. The summed E-state index contributed by atoms with van der Waals surface area (Å²) >= 11 is 0. The van der Waals surface area contributed by atoms with E-state index < -0.39 is 0 Å². The van der Waals surface area contributed by atoms with Gasteiger partial charge in [-0.3, -0.25) is 9.59 Å². The summed E-state index contributed by atoms with van der Waals surface area (Å²) in [5, 5.41) is 9.10. The van der Waals surface area contributed by atoms with Gasteiger partial charge < -0.3 is 20.6 Å². The van der Waals surface area contributed by atoms with Crippen molar-refractivity contribution < 1.29 is 14.7 Å². The summed E-state index contributed by atoms with van der Waals surface area (Å²) in [5.41, 5.74) is 7.09. The second kappa shape index (κ2) is 7.32. The molecule has 2 amide bonds. The fourth-order valence-electron chi connectivity index (χ4n) is 3.90. The molecule has 2 aliphatic heterocycles. The van der Waals surface area contributed by atoms with Crippen molar-refractivity contribution >= 4 is 11.8 Å². The number of hydrogen-bond donors (Lipinski definition) is 2. The van der Waals surface area contributed by atoms with Crippen molar-refractivity contribution in [3.63, 3.8) is 0 Å². The average molecular weight is 331 g/mol. The minimum absolute atomic E-state index is 0.0209. The molecule has 1 aromatic rings. The smallest absolute Gasteiger partial charge is 0.253 e. The topological polar surface area (TPSA) is 86.9 Å². The maximum Gasteiger partial charge on any atom is 0.253 e. The fourth-order valence-corrected chi connectivity index (χ4v) is 3.90. The van der Waals surface area contributed by atoms with Crippen molar-refractivity contribution in [3.05, 3.63) is 35.4 Å². The molecule has 2 saturated heterocycles. The molecule has 0 aliphatic carbocycles. The standard InChI is InChI=1S/C18H25N3O3/c19-8-10-21-16-7-9-20(11-15(16)5-6-17(21)23)18(24)14-3-1-13(12-22)2-4-14/h1-4,15-16,22H,5-12,19H2. The Morgan fingerprint density at radius 1 is 1.25 bits per heavy atom. The van der Waals surface area contributed by atoms with Gasteiger partial charge in [-0.2, -0.15) is 0 Å². The zero-order valence-electron chi connectivity index (χ0n) is 13.9. The lowest BCUT2D eigenvalue weighted by Gasteiger charge is -2.47. The third-order valence-corrected chi connectivity index (χ3v) is 5.18. The molecule has 3 rings (SSSR count). The normalized spacial score (nSPS) is 24.0. The van der Waals surface area contributed by atoms with Crippen LogP contribution in [-0.2, 0) is 11.4 Å². The second-order valence-corrected chi connectivity index (χ2v) is 6.64. The number of amides is 2. The Bertz CT molecular complexity index is 602. The van der Waals surface area contributed by atoms with Crippen LogP contribution in [0.2, 0.25) is 0 Å². The lowest BCUT2D eigenvalue weighted by atomic mass is 9.83. The van der Waals surface area contributed by atoms with E-state index >= 15 is 0 Å². The van der Waals surface area contributed by atoms with Crippen LogP contribution in [0, 0.1) is 5.92 Å². The number of nitrogens with two attached hydrogens (primary N) is 1. The molecule has 0 saturated carbocycles. The first kappa shape index (κ1) is 16.9. The van der Waals surface area contributed by atoms with Crippen molar-refractivity contribution in [1.29, 1.82) is 0 Å². The van der Waals surface area contributed by atoms with E-state index in [0.29, 0.717) is 44.1 Å². The number of carbonyl (C=O) groups excluding carboxylic acids is 2. The van der Waals surface area contributed by atoms with E-state index in [1.807, 2.05) is 9.80 Å². The number of fused-ring (bicyclic) bond motifs is 1. The number of benzene rings is 1. The van der Waals surface area contributed by atoms with Gasteiger partial charge in [-0.15, -0.1) is 0 Å². The number of likely N-dealkylation sites (tertiary alicyclic amines) is 2. The van der Waals surface area contributed by atoms with Crippen LogP contribution in [0.3, 0.4) is 0 Å². The van der Waals surface area contributed by atoms with Crippen LogP contribution in [0.25, 0.3) is 0 Å². The maximum absolute atomic E-state index is 12.7. The van der Waals surface area contributed by atoms with Crippen LogP contribution in [0.15, 0.2) is 24.3 Å². The van der Waals surface area contributed by atoms with E-state index in [1.165, 1.54) is 0 Å². The Morgan fingerprint density at radius 3 is 2.67 bits per heavy atom. The van der Waals surface area contributed by atoms with Crippen molar-refractivity contribution in [3.8, 4) is 0 Å². The van der Waals surface area contributed by atoms with Gasteiger partial charge in [0.05, 0.1) is 6.61 Å². The first-order valence-electron chi connectivity index (χ1n) is 8.62. The molecule has 1 aromatic carbocycles. The predicted octanol–water partition coefficient (Wildman–Crippen LogP) is 0.591. The molecule has 2 atom stereocenters. The average Bonchev–Trinajstić information content (AvgIpc) is 2.63. The summed E-state index contributed by atoms with van der Waals surface area (Å²) < 4.78 is 0. The molecule has 2 aliphatic rings. The van der Waals surface area contributed by atoms with E-state index in [2.05, 4.69) is 0 Å². The van der Waals surface area contributed by atoms with Gasteiger partial charge in [-0.1, -0.05) is 12.1 Å². The van der Waals surface area contributed by atoms with Crippen molar-refractivity contribution in [1.82, 2.24) is 9.80 Å². The zero-order valence-corrected chi connectivity index (χ0v) is 13.9. The van der Waals surface area contributed by atoms with E-state index in [4.69, 9.17) is 10.8 Å². The third-order valence-electron chi connectivity index (χ3n) is 5.18. The first-order chi connectivity index (χ1) is 11.6. The van der Waals surface area contributed by atoms with Crippen LogP contribution in [0.4, 0.5) is 0 Å². The predicted molar refractivity (Wildman–Crippen MR) is 90.2 cm³/mol. The van der Waals surface area contributed by atoms with Gasteiger partial charge in [0.25, 0.3) is 5.91 Å². The number of rotatable bonds is 4. The summed E-state index contributed by atoms with van der Waals surface area (Å²) in [6.07, 6.45) is 2.21. The number of carbonyl (C=O) groups is 2. The Hall–Kier alpha value is -1.92. The Labute approximate surface area is 142 Å². The van der Waals surface area contributed by atoms with Crippen molar-refractivity contribution in [2.75, 3.05) is 26.2 Å². The van der Waals surface area contributed by atoms with Gasteiger partial charge in [-0.25, -0.2) is 0 Å². The lowest BCUT2D eigenvalue weighted by molar-refractivity contribution is -0.140. The molecule has 0 aromatic heterocycles. The summed E-state index contributed by atoms with van der Waals surface area (Å²) in [5.74, 6) is 0.560. The van der Waals surface area contributed by atoms with Crippen molar-refractivity contribution in [2.45, 2.75) is 31.9 Å². The maximum atomic E-state index is 12.7. The largest absolute Gasteiger partial charge is 0.392 e. The van der Waals surface area contributed by atoms with Gasteiger partial charge in [-0.05, 0) is 36.5 Å². The van der Waals surface area contributed by atoms with Crippen LogP contribution in [0.5, 0.6) is 0 Å². The zero-order chi connectivity index (χ0) is 17.1. The number of aliphatic hydroxyl groups excluding tert-OH is 1. The number of nitrogens with zero attached hydrogens (tertiary/aromatic N) is 2. The molecule has 0 radical (unpaired) electrons. The molecule has 2 unspecified atom stereocenters. The Kier molecular flexibility index (Phi) is 5.16. The van der Waals surface area contributed by atoms with E-state index in [0.717, 1.165) is 18.4 Å². The van der Waals surface area contributed by atoms with Gasteiger partial charge in [0.2, 0.25) is 5.91 Å². The lowest BCUT2D eigenvalue weighted by Crippen LogP contribution is -2.57. The summed E-state index contributed by atoms with van der Waals surface area (Å²) in [6.45, 7) is 2.42. The van der Waals surface area contributed by atoms with Gasteiger partial charge >= 0.3 is 0 Å². The minimum Gasteiger partial charge on any atom is -0.392 e. The summed E-state index contributed by atoms with van der Waals surface area (Å²) in [4.78, 5) is 28.6. The number of aliphatic hydroxyl groups is 1. The molecule has 6 nitrogen and oxygen atoms in total. The molecule has 0 spiro atoms. The highest BCUT2D eigenvalue weighted by atomic mass is 16.3.